The van der Waals surface area contributed by atoms with Crippen molar-refractivity contribution in [2.45, 2.75) is 0 Å². The van der Waals surface area contributed by atoms with Crippen molar-refractivity contribution in [3.8, 4) is 5.82 Å². The van der Waals surface area contributed by atoms with E-state index < -0.39 is 0 Å². The van der Waals surface area contributed by atoms with E-state index in [4.69, 9.17) is 11.6 Å². The topological polar surface area (TPSA) is 43.6 Å². The standard InChI is InChI=1S/C7H4BrClN4/c8-6-2-11-7(3-10-6)13-4-5(9)1-12-13/h1-4H. The number of halogens is 2. The molecule has 0 saturated carbocycles. The molecule has 0 saturated heterocycles. The van der Waals surface area contributed by atoms with Crippen molar-refractivity contribution < 1.29 is 0 Å². The third-order valence-electron chi connectivity index (χ3n) is 1.39. The monoisotopic (exact) mass is 258 g/mol. The SMILES string of the molecule is Clc1cnn(-c2cnc(Br)cn2)c1. The van der Waals surface area contributed by atoms with Crippen molar-refractivity contribution in [3.05, 3.63) is 34.4 Å². The van der Waals surface area contributed by atoms with Gasteiger partial charge in [-0.05, 0) is 15.9 Å². The van der Waals surface area contributed by atoms with Crippen LogP contribution < -0.4 is 0 Å². The van der Waals surface area contributed by atoms with Crippen LogP contribution in [0.25, 0.3) is 5.82 Å². The van der Waals surface area contributed by atoms with Crippen LogP contribution in [0.2, 0.25) is 5.02 Å². The maximum Gasteiger partial charge on any atom is 0.171 e. The second-order valence-electron chi connectivity index (χ2n) is 2.30. The minimum absolute atomic E-state index is 0.574. The number of rotatable bonds is 1. The Morgan fingerprint density at radius 3 is 2.62 bits per heavy atom. The second-order valence-corrected chi connectivity index (χ2v) is 3.55. The molecule has 66 valence electrons. The molecule has 2 aromatic rings. The van der Waals surface area contributed by atoms with Gasteiger partial charge in [0.05, 0.1) is 29.8 Å². The minimum atomic E-state index is 0.574. The summed E-state index contributed by atoms with van der Waals surface area (Å²) < 4.78 is 2.25. The molecule has 2 rings (SSSR count). The summed E-state index contributed by atoms with van der Waals surface area (Å²) in [6.45, 7) is 0. The predicted molar refractivity (Wildman–Crippen MR) is 51.9 cm³/mol. The highest BCUT2D eigenvalue weighted by Gasteiger charge is 2.00. The van der Waals surface area contributed by atoms with Gasteiger partial charge in [-0.25, -0.2) is 14.6 Å². The molecule has 2 aromatic heterocycles. The second kappa shape index (κ2) is 3.43. The van der Waals surface area contributed by atoms with Crippen LogP contribution in [0.4, 0.5) is 0 Å². The van der Waals surface area contributed by atoms with Gasteiger partial charge in [-0.3, -0.25) is 0 Å². The summed E-state index contributed by atoms with van der Waals surface area (Å²) in [4.78, 5) is 8.11. The first-order valence-corrected chi connectivity index (χ1v) is 4.61. The average molecular weight is 259 g/mol. The van der Waals surface area contributed by atoms with Crippen molar-refractivity contribution in [3.63, 3.8) is 0 Å². The summed E-state index contributed by atoms with van der Waals surface area (Å²) in [6, 6.07) is 0. The van der Waals surface area contributed by atoms with Gasteiger partial charge in [0, 0.05) is 0 Å². The zero-order valence-corrected chi connectivity index (χ0v) is 8.70. The van der Waals surface area contributed by atoms with Crippen LogP contribution in [0.15, 0.2) is 29.4 Å². The smallest absolute Gasteiger partial charge is 0.171 e. The van der Waals surface area contributed by atoms with Crippen LogP contribution in [0, 0.1) is 0 Å². The van der Waals surface area contributed by atoms with Crippen molar-refractivity contribution in [1.82, 2.24) is 19.7 Å². The van der Waals surface area contributed by atoms with E-state index in [1.807, 2.05) is 0 Å². The Labute approximate surface area is 87.7 Å². The van der Waals surface area contributed by atoms with Crippen molar-refractivity contribution in [2.75, 3.05) is 0 Å². The van der Waals surface area contributed by atoms with Crippen LogP contribution >= 0.6 is 27.5 Å². The molecule has 4 nitrogen and oxygen atoms in total. The molecular weight excluding hydrogens is 255 g/mol. The zero-order chi connectivity index (χ0) is 9.26. The van der Waals surface area contributed by atoms with E-state index in [0.29, 0.717) is 15.4 Å². The van der Waals surface area contributed by atoms with E-state index in [0.717, 1.165) is 0 Å². The lowest BCUT2D eigenvalue weighted by molar-refractivity contribution is 0.835. The molecule has 0 radical (unpaired) electrons. The molecule has 2 heterocycles. The first kappa shape index (κ1) is 8.65. The molecule has 6 heteroatoms. The van der Waals surface area contributed by atoms with E-state index in [1.165, 1.54) is 0 Å². The summed E-state index contributed by atoms with van der Waals surface area (Å²) >= 11 is 8.89. The first-order valence-electron chi connectivity index (χ1n) is 3.44. The van der Waals surface area contributed by atoms with Gasteiger partial charge in [0.15, 0.2) is 5.82 Å². The first-order chi connectivity index (χ1) is 6.25. The molecule has 0 aliphatic carbocycles. The lowest BCUT2D eigenvalue weighted by Gasteiger charge is -1.97. The van der Waals surface area contributed by atoms with E-state index in [1.54, 1.807) is 29.5 Å². The van der Waals surface area contributed by atoms with Crippen LogP contribution in [0.1, 0.15) is 0 Å². The fourth-order valence-electron chi connectivity index (χ4n) is 0.850. The Hall–Kier alpha value is -0.940. The normalized spacial score (nSPS) is 10.3. The molecule has 0 aromatic carbocycles. The molecule has 0 aliphatic rings. The maximum absolute atomic E-state index is 5.70. The molecule has 0 bridgehead atoms. The van der Waals surface area contributed by atoms with Crippen LogP contribution in [-0.2, 0) is 0 Å². The van der Waals surface area contributed by atoms with E-state index >= 15 is 0 Å². The highest BCUT2D eigenvalue weighted by molar-refractivity contribution is 9.10. The average Bonchev–Trinajstić information content (AvgIpc) is 2.53. The third-order valence-corrected chi connectivity index (χ3v) is 2.00. The lowest BCUT2D eigenvalue weighted by Crippen LogP contribution is -1.97. The van der Waals surface area contributed by atoms with Gasteiger partial charge < -0.3 is 0 Å². The van der Waals surface area contributed by atoms with E-state index in [2.05, 4.69) is 31.0 Å². The Morgan fingerprint density at radius 1 is 1.23 bits per heavy atom. The molecule has 0 amide bonds. The zero-order valence-electron chi connectivity index (χ0n) is 6.35. The summed E-state index contributed by atoms with van der Waals surface area (Å²) in [5.41, 5.74) is 0. The van der Waals surface area contributed by atoms with Crippen molar-refractivity contribution in [1.29, 1.82) is 0 Å². The van der Waals surface area contributed by atoms with Crippen LogP contribution in [0.3, 0.4) is 0 Å². The van der Waals surface area contributed by atoms with E-state index in [-0.39, 0.29) is 0 Å². The molecular formula is C7H4BrClN4. The fourth-order valence-corrected chi connectivity index (χ4v) is 1.19. The number of aromatic nitrogens is 4. The van der Waals surface area contributed by atoms with Crippen LogP contribution in [0.5, 0.6) is 0 Å². The maximum atomic E-state index is 5.70. The predicted octanol–water partition coefficient (Wildman–Crippen LogP) is 2.08. The Bertz CT molecular complexity index is 411. The van der Waals surface area contributed by atoms with Gasteiger partial charge in [-0.2, -0.15) is 5.10 Å². The molecule has 0 spiro atoms. The summed E-state index contributed by atoms with van der Waals surface area (Å²) in [6.07, 6.45) is 6.42. The third kappa shape index (κ3) is 1.87. The van der Waals surface area contributed by atoms with Gasteiger partial charge in [0.25, 0.3) is 0 Å². The highest BCUT2D eigenvalue weighted by atomic mass is 79.9. The summed E-state index contributed by atoms with van der Waals surface area (Å²) in [5.74, 6) is 0.634. The quantitative estimate of drug-likeness (QED) is 0.787. The van der Waals surface area contributed by atoms with Crippen molar-refractivity contribution >= 4 is 27.5 Å². The molecule has 0 N–H and O–H groups in total. The van der Waals surface area contributed by atoms with Gasteiger partial charge in [0.1, 0.15) is 4.60 Å². The molecule has 13 heavy (non-hydrogen) atoms. The lowest BCUT2D eigenvalue weighted by atomic mass is 10.6. The number of hydrogen-bond acceptors (Lipinski definition) is 3. The number of hydrogen-bond donors (Lipinski definition) is 0. The Morgan fingerprint density at radius 2 is 2.08 bits per heavy atom. The van der Waals surface area contributed by atoms with Gasteiger partial charge in [0.2, 0.25) is 0 Å². The molecule has 0 atom stereocenters. The van der Waals surface area contributed by atoms with E-state index in [9.17, 15) is 0 Å². The van der Waals surface area contributed by atoms with Gasteiger partial charge >= 0.3 is 0 Å². The minimum Gasteiger partial charge on any atom is -0.244 e. The largest absolute Gasteiger partial charge is 0.244 e. The summed E-state index contributed by atoms with van der Waals surface area (Å²) in [5, 5.41) is 4.56. The van der Waals surface area contributed by atoms with Gasteiger partial charge in [-0.15, -0.1) is 0 Å². The Kier molecular flexibility index (Phi) is 2.28. The highest BCUT2D eigenvalue weighted by Crippen LogP contribution is 2.10. The molecule has 0 unspecified atom stereocenters. The Balaban J connectivity index is 2.41. The van der Waals surface area contributed by atoms with Gasteiger partial charge in [-0.1, -0.05) is 11.6 Å². The van der Waals surface area contributed by atoms with Crippen LogP contribution in [-0.4, -0.2) is 19.7 Å². The summed E-state index contributed by atoms with van der Waals surface area (Å²) in [7, 11) is 0. The van der Waals surface area contributed by atoms with Crippen molar-refractivity contribution in [2.24, 2.45) is 0 Å². The number of nitrogens with zero attached hydrogens (tertiary/aromatic N) is 4. The molecule has 0 fully saturated rings. The molecule has 0 aliphatic heterocycles. The fraction of sp³-hybridized carbons (Fsp3) is 0.